The fourth-order valence-corrected chi connectivity index (χ4v) is 2.30. The molecule has 1 aromatic rings. The van der Waals surface area contributed by atoms with E-state index in [1.54, 1.807) is 0 Å². The van der Waals surface area contributed by atoms with Crippen LogP contribution in [0.15, 0.2) is 6.07 Å². The molecule has 4 nitrogen and oxygen atoms in total. The fraction of sp³-hybridized carbons (Fsp3) is 0.733. The Morgan fingerprint density at radius 3 is 2.21 bits per heavy atom. The van der Waals surface area contributed by atoms with Crippen molar-refractivity contribution in [2.24, 2.45) is 11.8 Å². The van der Waals surface area contributed by atoms with Gasteiger partial charge >= 0.3 is 0 Å². The summed E-state index contributed by atoms with van der Waals surface area (Å²) in [7, 11) is 0. The number of anilines is 2. The fourth-order valence-electron chi connectivity index (χ4n) is 2.30. The normalized spacial score (nSPS) is 15.3. The number of nitrogens with zero attached hydrogens (tertiary/aromatic N) is 3. The molecule has 1 fully saturated rings. The maximum Gasteiger partial charge on any atom is 0.136 e. The third-order valence-electron chi connectivity index (χ3n) is 3.19. The van der Waals surface area contributed by atoms with E-state index >= 15 is 0 Å². The lowest BCUT2D eigenvalue weighted by atomic mass is 10.1. The van der Waals surface area contributed by atoms with Gasteiger partial charge in [0.1, 0.15) is 17.5 Å². The summed E-state index contributed by atoms with van der Waals surface area (Å²) in [6.45, 7) is 11.0. The van der Waals surface area contributed by atoms with Gasteiger partial charge in [-0.2, -0.15) is 0 Å². The van der Waals surface area contributed by atoms with Gasteiger partial charge in [0.25, 0.3) is 0 Å². The zero-order valence-corrected chi connectivity index (χ0v) is 12.6. The molecule has 0 unspecified atom stereocenters. The minimum Gasteiger partial charge on any atom is -0.384 e. The molecule has 0 saturated heterocycles. The van der Waals surface area contributed by atoms with Crippen molar-refractivity contribution in [3.8, 4) is 0 Å². The van der Waals surface area contributed by atoms with Crippen LogP contribution in [-0.4, -0.2) is 23.1 Å². The molecule has 0 amide bonds. The molecule has 1 aromatic heterocycles. The van der Waals surface area contributed by atoms with Crippen LogP contribution in [0, 0.1) is 11.8 Å². The van der Waals surface area contributed by atoms with E-state index in [0.29, 0.717) is 23.6 Å². The summed E-state index contributed by atoms with van der Waals surface area (Å²) < 4.78 is 0. The Balaban J connectivity index is 2.23. The number of rotatable bonds is 6. The lowest BCUT2D eigenvalue weighted by molar-refractivity contribution is 0.547. The first-order chi connectivity index (χ1) is 8.95. The van der Waals surface area contributed by atoms with Crippen LogP contribution in [0.4, 0.5) is 11.6 Å². The predicted molar refractivity (Wildman–Crippen MR) is 80.3 cm³/mol. The largest absolute Gasteiger partial charge is 0.384 e. The highest BCUT2D eigenvalue weighted by Gasteiger charge is 2.27. The maximum absolute atomic E-state index is 5.95. The zero-order valence-electron chi connectivity index (χ0n) is 12.6. The third-order valence-corrected chi connectivity index (χ3v) is 3.19. The number of nitrogen functional groups attached to an aromatic ring is 1. The van der Waals surface area contributed by atoms with E-state index in [4.69, 9.17) is 10.7 Å². The molecule has 1 heterocycles. The van der Waals surface area contributed by atoms with Crippen molar-refractivity contribution in [3.63, 3.8) is 0 Å². The summed E-state index contributed by atoms with van der Waals surface area (Å²) >= 11 is 0. The van der Waals surface area contributed by atoms with Crippen molar-refractivity contribution in [3.05, 3.63) is 11.9 Å². The van der Waals surface area contributed by atoms with Crippen molar-refractivity contribution in [1.29, 1.82) is 0 Å². The second-order valence-electron chi connectivity index (χ2n) is 6.48. The summed E-state index contributed by atoms with van der Waals surface area (Å²) in [5.41, 5.74) is 5.95. The van der Waals surface area contributed by atoms with E-state index in [1.807, 2.05) is 6.07 Å². The van der Waals surface area contributed by atoms with Gasteiger partial charge in [-0.25, -0.2) is 9.97 Å². The number of hydrogen-bond acceptors (Lipinski definition) is 4. The van der Waals surface area contributed by atoms with E-state index in [2.05, 4.69) is 37.6 Å². The standard InChI is InChI=1S/C15H26N4/c1-10(2)8-19(9-11(3)4)14-7-13(16)17-15(18-14)12-5-6-12/h7,10-12H,5-6,8-9H2,1-4H3,(H2,16,17,18). The highest BCUT2D eigenvalue weighted by Crippen LogP contribution is 2.39. The lowest BCUT2D eigenvalue weighted by Crippen LogP contribution is -2.32. The maximum atomic E-state index is 5.95. The molecule has 0 radical (unpaired) electrons. The minimum atomic E-state index is 0.544. The van der Waals surface area contributed by atoms with Crippen LogP contribution >= 0.6 is 0 Å². The van der Waals surface area contributed by atoms with Gasteiger partial charge in [-0.15, -0.1) is 0 Å². The number of nitrogens with two attached hydrogens (primary N) is 1. The smallest absolute Gasteiger partial charge is 0.136 e. The summed E-state index contributed by atoms with van der Waals surface area (Å²) in [6.07, 6.45) is 2.41. The van der Waals surface area contributed by atoms with Crippen LogP contribution in [0.3, 0.4) is 0 Å². The highest BCUT2D eigenvalue weighted by atomic mass is 15.2. The first-order valence-corrected chi connectivity index (χ1v) is 7.35. The summed E-state index contributed by atoms with van der Waals surface area (Å²) in [5, 5.41) is 0. The van der Waals surface area contributed by atoms with Crippen molar-refractivity contribution < 1.29 is 0 Å². The Morgan fingerprint density at radius 2 is 1.74 bits per heavy atom. The molecule has 0 atom stereocenters. The SMILES string of the molecule is CC(C)CN(CC(C)C)c1cc(N)nc(C2CC2)n1. The quantitative estimate of drug-likeness (QED) is 0.856. The predicted octanol–water partition coefficient (Wildman–Crippen LogP) is 3.05. The Labute approximate surface area is 116 Å². The lowest BCUT2D eigenvalue weighted by Gasteiger charge is -2.27. The summed E-state index contributed by atoms with van der Waals surface area (Å²) in [4.78, 5) is 11.5. The summed E-state index contributed by atoms with van der Waals surface area (Å²) in [6, 6.07) is 1.91. The molecular weight excluding hydrogens is 236 g/mol. The Morgan fingerprint density at radius 1 is 1.16 bits per heavy atom. The van der Waals surface area contributed by atoms with Gasteiger partial charge in [0, 0.05) is 25.1 Å². The van der Waals surface area contributed by atoms with E-state index in [1.165, 1.54) is 12.8 Å². The molecule has 1 aliphatic carbocycles. The Hall–Kier alpha value is -1.32. The molecule has 0 aliphatic heterocycles. The topological polar surface area (TPSA) is 55.0 Å². The molecular formula is C15H26N4. The van der Waals surface area contributed by atoms with Gasteiger partial charge in [-0.05, 0) is 24.7 Å². The van der Waals surface area contributed by atoms with Crippen molar-refractivity contribution in [2.75, 3.05) is 23.7 Å². The van der Waals surface area contributed by atoms with Gasteiger partial charge in [-0.1, -0.05) is 27.7 Å². The average molecular weight is 262 g/mol. The number of aromatic nitrogens is 2. The van der Waals surface area contributed by atoms with Crippen LogP contribution in [0.2, 0.25) is 0 Å². The molecule has 19 heavy (non-hydrogen) atoms. The second kappa shape index (κ2) is 5.76. The van der Waals surface area contributed by atoms with E-state index in [9.17, 15) is 0 Å². The van der Waals surface area contributed by atoms with Crippen LogP contribution in [0.25, 0.3) is 0 Å². The molecule has 2 rings (SSSR count). The van der Waals surface area contributed by atoms with Gasteiger partial charge in [0.15, 0.2) is 0 Å². The first-order valence-electron chi connectivity index (χ1n) is 7.35. The minimum absolute atomic E-state index is 0.544. The molecule has 1 saturated carbocycles. The van der Waals surface area contributed by atoms with Crippen LogP contribution in [-0.2, 0) is 0 Å². The Kier molecular flexibility index (Phi) is 4.27. The van der Waals surface area contributed by atoms with Gasteiger partial charge in [0.05, 0.1) is 0 Å². The van der Waals surface area contributed by atoms with Crippen LogP contribution < -0.4 is 10.6 Å². The molecule has 106 valence electrons. The molecule has 0 aromatic carbocycles. The van der Waals surface area contributed by atoms with Crippen molar-refractivity contribution >= 4 is 11.6 Å². The van der Waals surface area contributed by atoms with Crippen LogP contribution in [0.1, 0.15) is 52.3 Å². The summed E-state index contributed by atoms with van der Waals surface area (Å²) in [5.74, 6) is 4.30. The van der Waals surface area contributed by atoms with E-state index in [0.717, 1.165) is 24.7 Å². The molecule has 4 heteroatoms. The molecule has 0 bridgehead atoms. The molecule has 0 spiro atoms. The van der Waals surface area contributed by atoms with Crippen LogP contribution in [0.5, 0.6) is 0 Å². The Bertz CT molecular complexity index is 414. The van der Waals surface area contributed by atoms with Gasteiger partial charge in [-0.3, -0.25) is 0 Å². The average Bonchev–Trinajstić information content (AvgIpc) is 3.09. The van der Waals surface area contributed by atoms with E-state index in [-0.39, 0.29) is 0 Å². The van der Waals surface area contributed by atoms with Gasteiger partial charge in [0.2, 0.25) is 0 Å². The zero-order chi connectivity index (χ0) is 14.0. The van der Waals surface area contributed by atoms with Crippen molar-refractivity contribution in [1.82, 2.24) is 9.97 Å². The van der Waals surface area contributed by atoms with E-state index < -0.39 is 0 Å². The van der Waals surface area contributed by atoms with Crippen molar-refractivity contribution in [2.45, 2.75) is 46.5 Å². The third kappa shape index (κ3) is 4.08. The molecule has 2 N–H and O–H groups in total. The number of hydrogen-bond donors (Lipinski definition) is 1. The van der Waals surface area contributed by atoms with Gasteiger partial charge < -0.3 is 10.6 Å². The second-order valence-corrected chi connectivity index (χ2v) is 6.48. The highest BCUT2D eigenvalue weighted by molar-refractivity contribution is 5.47. The monoisotopic (exact) mass is 262 g/mol. The first kappa shape index (κ1) is 14.1. The molecule has 1 aliphatic rings.